The second-order valence-electron chi connectivity index (χ2n) is 4.67. The molecule has 3 aromatic rings. The van der Waals surface area contributed by atoms with Crippen LogP contribution in [0.3, 0.4) is 0 Å². The second-order valence-corrected chi connectivity index (χ2v) is 4.67. The van der Waals surface area contributed by atoms with E-state index in [1.807, 2.05) is 41.1 Å². The van der Waals surface area contributed by atoms with Crippen molar-refractivity contribution in [3.63, 3.8) is 0 Å². The van der Waals surface area contributed by atoms with Gasteiger partial charge in [0.25, 0.3) is 0 Å². The molecule has 4 nitrogen and oxygen atoms in total. The van der Waals surface area contributed by atoms with Gasteiger partial charge in [0.1, 0.15) is 0 Å². The summed E-state index contributed by atoms with van der Waals surface area (Å²) in [6, 6.07) is 11.5. The zero-order valence-electron chi connectivity index (χ0n) is 11.1. The van der Waals surface area contributed by atoms with Crippen LogP contribution in [-0.2, 0) is 6.54 Å². The molecule has 0 aliphatic carbocycles. The maximum atomic E-state index is 9.95. The van der Waals surface area contributed by atoms with Crippen molar-refractivity contribution in [1.82, 2.24) is 9.55 Å². The molecular formula is C16H16N2O2. The number of aromatic hydroxyl groups is 1. The molecule has 0 atom stereocenters. The number of hydrogen-bond donors (Lipinski definition) is 1. The number of phenols is 1. The Labute approximate surface area is 117 Å². The summed E-state index contributed by atoms with van der Waals surface area (Å²) < 4.78 is 7.66. The smallest absolute Gasteiger partial charge is 0.161 e. The summed E-state index contributed by atoms with van der Waals surface area (Å²) >= 11 is 0. The van der Waals surface area contributed by atoms with Crippen molar-refractivity contribution in [1.29, 1.82) is 0 Å². The highest BCUT2D eigenvalue weighted by Gasteiger charge is 2.04. The van der Waals surface area contributed by atoms with Gasteiger partial charge in [0.15, 0.2) is 11.5 Å². The zero-order valence-corrected chi connectivity index (χ0v) is 11.1. The molecule has 1 heterocycles. The first-order chi connectivity index (χ1) is 9.83. The van der Waals surface area contributed by atoms with Crippen LogP contribution in [0.1, 0.15) is 6.42 Å². The van der Waals surface area contributed by atoms with E-state index >= 15 is 0 Å². The molecule has 4 heteroatoms. The van der Waals surface area contributed by atoms with Crippen molar-refractivity contribution in [2.24, 2.45) is 0 Å². The lowest BCUT2D eigenvalue weighted by atomic mass is 10.1. The summed E-state index contributed by atoms with van der Waals surface area (Å²) in [7, 11) is 0. The molecule has 20 heavy (non-hydrogen) atoms. The molecule has 0 bridgehead atoms. The highest BCUT2D eigenvalue weighted by atomic mass is 16.5. The van der Waals surface area contributed by atoms with Crippen molar-refractivity contribution in [2.75, 3.05) is 6.61 Å². The third-order valence-corrected chi connectivity index (χ3v) is 3.20. The predicted octanol–water partition coefficient (Wildman–Crippen LogP) is 3.21. The van der Waals surface area contributed by atoms with E-state index in [-0.39, 0.29) is 5.75 Å². The van der Waals surface area contributed by atoms with Gasteiger partial charge in [-0.3, -0.25) is 0 Å². The quantitative estimate of drug-likeness (QED) is 0.723. The van der Waals surface area contributed by atoms with Gasteiger partial charge in [-0.1, -0.05) is 24.3 Å². The molecule has 0 aliphatic rings. The maximum Gasteiger partial charge on any atom is 0.161 e. The van der Waals surface area contributed by atoms with E-state index in [9.17, 15) is 5.11 Å². The third kappa shape index (κ3) is 2.74. The molecule has 0 saturated heterocycles. The Morgan fingerprint density at radius 1 is 1.15 bits per heavy atom. The minimum atomic E-state index is 0.186. The van der Waals surface area contributed by atoms with Crippen LogP contribution >= 0.6 is 0 Å². The molecule has 0 radical (unpaired) electrons. The molecule has 0 aliphatic heterocycles. The lowest BCUT2D eigenvalue weighted by Gasteiger charge is -2.09. The van der Waals surface area contributed by atoms with Gasteiger partial charge in [0.05, 0.1) is 12.9 Å². The van der Waals surface area contributed by atoms with Crippen LogP contribution in [0.15, 0.2) is 55.1 Å². The number of phenolic OH excluding ortho intramolecular Hbond substituents is 1. The third-order valence-electron chi connectivity index (χ3n) is 3.20. The number of imidazole rings is 1. The average Bonchev–Trinajstić information content (AvgIpc) is 2.97. The minimum absolute atomic E-state index is 0.186. The first kappa shape index (κ1) is 12.5. The van der Waals surface area contributed by atoms with Gasteiger partial charge >= 0.3 is 0 Å². The van der Waals surface area contributed by atoms with Crippen molar-refractivity contribution >= 4 is 10.8 Å². The van der Waals surface area contributed by atoms with Gasteiger partial charge in [0.2, 0.25) is 0 Å². The molecule has 2 aromatic carbocycles. The molecule has 3 rings (SSSR count). The number of benzene rings is 2. The molecule has 1 N–H and O–H groups in total. The Morgan fingerprint density at radius 3 is 2.70 bits per heavy atom. The molecular weight excluding hydrogens is 252 g/mol. The van der Waals surface area contributed by atoms with Crippen LogP contribution in [0.2, 0.25) is 0 Å². The normalized spacial score (nSPS) is 10.8. The van der Waals surface area contributed by atoms with Gasteiger partial charge in [-0.15, -0.1) is 0 Å². The van der Waals surface area contributed by atoms with E-state index in [2.05, 4.69) is 4.98 Å². The van der Waals surface area contributed by atoms with Gasteiger partial charge in [-0.25, -0.2) is 4.98 Å². The van der Waals surface area contributed by atoms with Crippen LogP contribution in [0.25, 0.3) is 10.8 Å². The number of aryl methyl sites for hydroxylation is 1. The number of rotatable bonds is 5. The summed E-state index contributed by atoms with van der Waals surface area (Å²) in [5, 5.41) is 12.0. The lowest BCUT2D eigenvalue weighted by molar-refractivity contribution is 0.287. The van der Waals surface area contributed by atoms with Crippen LogP contribution in [-0.4, -0.2) is 21.3 Å². The second kappa shape index (κ2) is 5.65. The van der Waals surface area contributed by atoms with Gasteiger partial charge in [-0.05, 0) is 29.3 Å². The SMILES string of the molecule is Oc1cc2ccccc2cc1OCCCn1ccnc1. The highest BCUT2D eigenvalue weighted by molar-refractivity contribution is 5.85. The van der Waals surface area contributed by atoms with Crippen LogP contribution in [0, 0.1) is 0 Å². The van der Waals surface area contributed by atoms with E-state index < -0.39 is 0 Å². The van der Waals surface area contributed by atoms with E-state index in [1.165, 1.54) is 0 Å². The fraction of sp³-hybridized carbons (Fsp3) is 0.188. The fourth-order valence-corrected chi connectivity index (χ4v) is 2.17. The minimum Gasteiger partial charge on any atom is -0.504 e. The summed E-state index contributed by atoms with van der Waals surface area (Å²) in [6.45, 7) is 1.42. The summed E-state index contributed by atoms with van der Waals surface area (Å²) in [4.78, 5) is 3.99. The zero-order chi connectivity index (χ0) is 13.8. The lowest BCUT2D eigenvalue weighted by Crippen LogP contribution is -2.03. The molecule has 0 unspecified atom stereocenters. The van der Waals surface area contributed by atoms with E-state index in [0.29, 0.717) is 12.4 Å². The molecule has 0 saturated carbocycles. The van der Waals surface area contributed by atoms with Crippen LogP contribution < -0.4 is 4.74 Å². The predicted molar refractivity (Wildman–Crippen MR) is 78.0 cm³/mol. The van der Waals surface area contributed by atoms with Crippen molar-refractivity contribution in [3.8, 4) is 11.5 Å². The Bertz CT molecular complexity index is 693. The standard InChI is InChI=1S/C16H16N2O2/c19-15-10-13-4-1-2-5-14(13)11-16(15)20-9-3-7-18-8-6-17-12-18/h1-2,4-6,8,10-12,19H,3,7,9H2. The molecule has 1 aromatic heterocycles. The molecule has 102 valence electrons. The summed E-state index contributed by atoms with van der Waals surface area (Å²) in [5.41, 5.74) is 0. The van der Waals surface area contributed by atoms with Gasteiger partial charge in [0, 0.05) is 18.9 Å². The molecule has 0 fully saturated rings. The molecule has 0 spiro atoms. The summed E-state index contributed by atoms with van der Waals surface area (Å²) in [5.74, 6) is 0.723. The highest BCUT2D eigenvalue weighted by Crippen LogP contribution is 2.31. The first-order valence-electron chi connectivity index (χ1n) is 6.63. The number of nitrogens with zero attached hydrogens (tertiary/aromatic N) is 2. The first-order valence-corrected chi connectivity index (χ1v) is 6.63. The Morgan fingerprint density at radius 2 is 1.95 bits per heavy atom. The van der Waals surface area contributed by atoms with Crippen molar-refractivity contribution in [3.05, 3.63) is 55.1 Å². The van der Waals surface area contributed by atoms with E-state index in [1.54, 1.807) is 18.6 Å². The summed E-state index contributed by atoms with van der Waals surface area (Å²) in [6.07, 6.45) is 6.33. The number of aromatic nitrogens is 2. The Hall–Kier alpha value is -2.49. The van der Waals surface area contributed by atoms with Crippen molar-refractivity contribution in [2.45, 2.75) is 13.0 Å². The van der Waals surface area contributed by atoms with Gasteiger partial charge in [-0.2, -0.15) is 0 Å². The van der Waals surface area contributed by atoms with Crippen molar-refractivity contribution < 1.29 is 9.84 Å². The topological polar surface area (TPSA) is 47.3 Å². The van der Waals surface area contributed by atoms with E-state index in [4.69, 9.17) is 4.74 Å². The fourth-order valence-electron chi connectivity index (χ4n) is 2.17. The number of ether oxygens (including phenoxy) is 1. The van der Waals surface area contributed by atoms with Crippen LogP contribution in [0.5, 0.6) is 11.5 Å². The van der Waals surface area contributed by atoms with Gasteiger partial charge < -0.3 is 14.4 Å². The Balaban J connectivity index is 1.63. The Kier molecular flexibility index (Phi) is 3.54. The largest absolute Gasteiger partial charge is 0.504 e. The number of fused-ring (bicyclic) bond motifs is 1. The van der Waals surface area contributed by atoms with Crippen LogP contribution in [0.4, 0.5) is 0 Å². The monoisotopic (exact) mass is 268 g/mol. The molecule has 0 amide bonds. The number of hydrogen-bond acceptors (Lipinski definition) is 3. The maximum absolute atomic E-state index is 9.95. The van der Waals surface area contributed by atoms with E-state index in [0.717, 1.165) is 23.7 Å². The average molecular weight is 268 g/mol.